The van der Waals surface area contributed by atoms with Crippen LogP contribution in [-0.2, 0) is 14.4 Å². The number of nitrogens with one attached hydrogen (secondary N) is 1. The lowest BCUT2D eigenvalue weighted by atomic mass is 10.3. The van der Waals surface area contributed by atoms with E-state index in [2.05, 4.69) is 5.32 Å². The minimum Gasteiger partial charge on any atom is -0.325 e. The second-order valence-electron chi connectivity index (χ2n) is 5.72. The normalized spacial score (nSPS) is 16.7. The number of imide groups is 1. The van der Waals surface area contributed by atoms with Gasteiger partial charge in [0.1, 0.15) is 0 Å². The lowest BCUT2D eigenvalue weighted by Gasteiger charge is -2.15. The van der Waals surface area contributed by atoms with Gasteiger partial charge in [-0.2, -0.15) is 0 Å². The molecule has 0 aliphatic carbocycles. The molecule has 0 bridgehead atoms. The number of benzene rings is 2. The van der Waals surface area contributed by atoms with Gasteiger partial charge in [-0.15, -0.1) is 11.8 Å². The number of hydrogen-bond donors (Lipinski definition) is 1. The van der Waals surface area contributed by atoms with Crippen molar-refractivity contribution in [2.45, 2.75) is 11.7 Å². The molecule has 1 heterocycles. The third-order valence-electron chi connectivity index (χ3n) is 3.81. The number of anilines is 2. The van der Waals surface area contributed by atoms with E-state index in [1.807, 2.05) is 0 Å². The molecular formula is C18H13Cl3N2O3S. The summed E-state index contributed by atoms with van der Waals surface area (Å²) in [6, 6.07) is 11.2. The van der Waals surface area contributed by atoms with E-state index >= 15 is 0 Å². The number of amides is 3. The number of rotatable bonds is 5. The Morgan fingerprint density at radius 3 is 2.44 bits per heavy atom. The quantitative estimate of drug-likeness (QED) is 0.683. The molecule has 140 valence electrons. The molecule has 27 heavy (non-hydrogen) atoms. The number of halogens is 3. The molecule has 0 spiro atoms. The molecule has 0 radical (unpaired) electrons. The van der Waals surface area contributed by atoms with E-state index in [4.69, 9.17) is 34.8 Å². The highest BCUT2D eigenvalue weighted by molar-refractivity contribution is 8.01. The van der Waals surface area contributed by atoms with Crippen molar-refractivity contribution in [2.24, 2.45) is 0 Å². The number of carbonyl (C=O) groups is 3. The molecule has 0 aromatic heterocycles. The van der Waals surface area contributed by atoms with Crippen LogP contribution in [-0.4, -0.2) is 28.7 Å². The zero-order valence-corrected chi connectivity index (χ0v) is 16.8. The average molecular weight is 444 g/mol. The Morgan fingerprint density at radius 1 is 1.07 bits per heavy atom. The summed E-state index contributed by atoms with van der Waals surface area (Å²) >= 11 is 18.7. The molecule has 1 aliphatic rings. The molecule has 2 aromatic carbocycles. The van der Waals surface area contributed by atoms with Gasteiger partial charge in [-0.3, -0.25) is 14.4 Å². The van der Waals surface area contributed by atoms with Crippen molar-refractivity contribution in [3.8, 4) is 0 Å². The van der Waals surface area contributed by atoms with Crippen molar-refractivity contribution >= 4 is 75.7 Å². The van der Waals surface area contributed by atoms with Gasteiger partial charge in [0, 0.05) is 17.1 Å². The molecule has 1 N–H and O–H groups in total. The number of thioether (sulfide) groups is 1. The van der Waals surface area contributed by atoms with Gasteiger partial charge >= 0.3 is 0 Å². The van der Waals surface area contributed by atoms with Crippen LogP contribution in [0.5, 0.6) is 0 Å². The summed E-state index contributed by atoms with van der Waals surface area (Å²) in [7, 11) is 0. The molecule has 1 fully saturated rings. The molecule has 0 unspecified atom stereocenters. The lowest BCUT2D eigenvalue weighted by Crippen LogP contribution is -2.31. The standard InChI is InChI=1S/C18H13Cl3N2O3S/c19-10-1-4-12(5-2-10)23-17(25)8-15(18(23)26)27-9-16(24)22-11-3-6-13(20)14(21)7-11/h1-7,15H,8-9H2,(H,22,24)/t15-/m0/s1. The van der Waals surface area contributed by atoms with Crippen molar-refractivity contribution in [2.75, 3.05) is 16.0 Å². The zero-order chi connectivity index (χ0) is 19.6. The van der Waals surface area contributed by atoms with E-state index in [9.17, 15) is 14.4 Å². The predicted octanol–water partition coefficient (Wildman–Crippen LogP) is 4.65. The van der Waals surface area contributed by atoms with Gasteiger partial charge in [0.2, 0.25) is 17.7 Å². The molecule has 2 aromatic rings. The summed E-state index contributed by atoms with van der Waals surface area (Å²) in [4.78, 5) is 38.0. The Morgan fingerprint density at radius 2 is 1.78 bits per heavy atom. The predicted molar refractivity (Wildman–Crippen MR) is 110 cm³/mol. The molecular weight excluding hydrogens is 431 g/mol. The van der Waals surface area contributed by atoms with Gasteiger partial charge in [-0.25, -0.2) is 4.90 Å². The second kappa shape index (κ2) is 8.52. The molecule has 1 saturated heterocycles. The Hall–Kier alpha value is -1.73. The monoisotopic (exact) mass is 442 g/mol. The molecule has 5 nitrogen and oxygen atoms in total. The van der Waals surface area contributed by atoms with Crippen LogP contribution in [0.25, 0.3) is 0 Å². The van der Waals surface area contributed by atoms with Crippen molar-refractivity contribution < 1.29 is 14.4 Å². The second-order valence-corrected chi connectivity index (χ2v) is 8.17. The van der Waals surface area contributed by atoms with Crippen molar-refractivity contribution in [3.63, 3.8) is 0 Å². The number of hydrogen-bond acceptors (Lipinski definition) is 4. The van der Waals surface area contributed by atoms with E-state index in [0.717, 1.165) is 16.7 Å². The Kier molecular flexibility index (Phi) is 6.32. The summed E-state index contributed by atoms with van der Waals surface area (Å²) < 4.78 is 0. The minimum absolute atomic E-state index is 0.0262. The average Bonchev–Trinajstić information content (AvgIpc) is 2.91. The number of nitrogens with zero attached hydrogens (tertiary/aromatic N) is 1. The molecule has 1 atom stereocenters. The Bertz CT molecular complexity index is 905. The summed E-state index contributed by atoms with van der Waals surface area (Å²) in [5.41, 5.74) is 0.976. The number of carbonyl (C=O) groups excluding carboxylic acids is 3. The van der Waals surface area contributed by atoms with E-state index in [1.165, 1.54) is 0 Å². The first-order valence-corrected chi connectivity index (χ1v) is 10.0. The van der Waals surface area contributed by atoms with Crippen LogP contribution in [0.4, 0.5) is 11.4 Å². The lowest BCUT2D eigenvalue weighted by molar-refractivity contribution is -0.121. The third kappa shape index (κ3) is 4.76. The van der Waals surface area contributed by atoms with Gasteiger partial charge in [0.05, 0.1) is 26.7 Å². The van der Waals surface area contributed by atoms with Crippen LogP contribution >= 0.6 is 46.6 Å². The fourth-order valence-electron chi connectivity index (χ4n) is 2.54. The van der Waals surface area contributed by atoms with Crippen LogP contribution in [0, 0.1) is 0 Å². The van der Waals surface area contributed by atoms with Gasteiger partial charge in [-0.1, -0.05) is 34.8 Å². The first-order chi connectivity index (χ1) is 12.8. The first kappa shape index (κ1) is 20.0. The maximum Gasteiger partial charge on any atom is 0.247 e. The smallest absolute Gasteiger partial charge is 0.247 e. The van der Waals surface area contributed by atoms with Crippen LogP contribution in [0.1, 0.15) is 6.42 Å². The van der Waals surface area contributed by atoms with Gasteiger partial charge in [0.25, 0.3) is 0 Å². The van der Waals surface area contributed by atoms with Crippen molar-refractivity contribution in [1.29, 1.82) is 0 Å². The SMILES string of the molecule is O=C(CS[C@H]1CC(=O)N(c2ccc(Cl)cc2)C1=O)Nc1ccc(Cl)c(Cl)c1. The van der Waals surface area contributed by atoms with Crippen LogP contribution < -0.4 is 10.2 Å². The first-order valence-electron chi connectivity index (χ1n) is 7.84. The highest BCUT2D eigenvalue weighted by atomic mass is 35.5. The van der Waals surface area contributed by atoms with Gasteiger partial charge in [0.15, 0.2) is 0 Å². The molecule has 0 saturated carbocycles. The fraction of sp³-hybridized carbons (Fsp3) is 0.167. The molecule has 3 rings (SSSR count). The summed E-state index contributed by atoms with van der Waals surface area (Å²) in [5, 5.41) is 3.32. The van der Waals surface area contributed by atoms with E-state index in [1.54, 1.807) is 42.5 Å². The van der Waals surface area contributed by atoms with E-state index in [0.29, 0.717) is 26.4 Å². The van der Waals surface area contributed by atoms with Crippen molar-refractivity contribution in [3.05, 3.63) is 57.5 Å². The largest absolute Gasteiger partial charge is 0.325 e. The molecule has 1 aliphatic heterocycles. The summed E-state index contributed by atoms with van der Waals surface area (Å²) in [5.74, 6) is -0.916. The maximum atomic E-state index is 12.5. The zero-order valence-electron chi connectivity index (χ0n) is 13.7. The van der Waals surface area contributed by atoms with Crippen molar-refractivity contribution in [1.82, 2.24) is 0 Å². The van der Waals surface area contributed by atoms with Crippen LogP contribution in [0.15, 0.2) is 42.5 Å². The summed E-state index contributed by atoms with van der Waals surface area (Å²) in [6.07, 6.45) is 0.0478. The minimum atomic E-state index is -0.604. The summed E-state index contributed by atoms with van der Waals surface area (Å²) in [6.45, 7) is 0. The molecule has 3 amide bonds. The van der Waals surface area contributed by atoms with E-state index in [-0.39, 0.29) is 29.9 Å². The van der Waals surface area contributed by atoms with Crippen LogP contribution in [0.2, 0.25) is 15.1 Å². The maximum absolute atomic E-state index is 12.5. The molecule has 9 heteroatoms. The highest BCUT2D eigenvalue weighted by Gasteiger charge is 2.40. The fourth-order valence-corrected chi connectivity index (χ4v) is 3.90. The van der Waals surface area contributed by atoms with Crippen LogP contribution in [0.3, 0.4) is 0 Å². The van der Waals surface area contributed by atoms with Gasteiger partial charge in [-0.05, 0) is 42.5 Å². The highest BCUT2D eigenvalue weighted by Crippen LogP contribution is 2.30. The Labute approximate surface area is 174 Å². The van der Waals surface area contributed by atoms with Gasteiger partial charge < -0.3 is 5.32 Å². The van der Waals surface area contributed by atoms with E-state index < -0.39 is 5.25 Å². The Balaban J connectivity index is 1.58. The third-order valence-corrected chi connectivity index (χ3v) is 6.00. The topological polar surface area (TPSA) is 66.5 Å².